The predicted octanol–water partition coefficient (Wildman–Crippen LogP) is 3.82. The zero-order valence-corrected chi connectivity index (χ0v) is 11.5. The van der Waals surface area contributed by atoms with Gasteiger partial charge in [0.05, 0.1) is 12.7 Å². The smallest absolute Gasteiger partial charge is 0.338 e. The van der Waals surface area contributed by atoms with Crippen molar-refractivity contribution >= 4 is 5.97 Å². The fourth-order valence-electron chi connectivity index (χ4n) is 2.32. The van der Waals surface area contributed by atoms with E-state index in [9.17, 15) is 9.18 Å². The Morgan fingerprint density at radius 3 is 2.55 bits per heavy atom. The van der Waals surface area contributed by atoms with Gasteiger partial charge in [-0.1, -0.05) is 18.2 Å². The molecule has 0 aliphatic heterocycles. The molecule has 0 aliphatic rings. The second-order valence-corrected chi connectivity index (χ2v) is 4.63. The summed E-state index contributed by atoms with van der Waals surface area (Å²) in [4.78, 5) is 11.0. The first kappa shape index (κ1) is 14.1. The number of halogens is 1. The van der Waals surface area contributed by atoms with Crippen molar-refractivity contribution in [1.29, 1.82) is 0 Å². The quantitative estimate of drug-likeness (QED) is 0.925. The number of carboxylic acids is 1. The van der Waals surface area contributed by atoms with Crippen LogP contribution in [0, 0.1) is 19.7 Å². The van der Waals surface area contributed by atoms with Gasteiger partial charge in [0.1, 0.15) is 11.6 Å². The van der Waals surface area contributed by atoms with Crippen molar-refractivity contribution in [3.05, 3.63) is 52.8 Å². The molecule has 0 unspecified atom stereocenters. The third-order valence-corrected chi connectivity index (χ3v) is 3.16. The van der Waals surface area contributed by atoms with Crippen LogP contribution in [0.3, 0.4) is 0 Å². The highest BCUT2D eigenvalue weighted by Crippen LogP contribution is 2.36. The molecule has 0 aromatic heterocycles. The van der Waals surface area contributed by atoms with Crippen LogP contribution in [0.5, 0.6) is 5.75 Å². The van der Waals surface area contributed by atoms with Crippen molar-refractivity contribution in [2.45, 2.75) is 13.8 Å². The summed E-state index contributed by atoms with van der Waals surface area (Å²) in [5.41, 5.74) is 2.31. The Balaban J connectivity index is 2.75. The van der Waals surface area contributed by atoms with Crippen LogP contribution in [0.1, 0.15) is 21.5 Å². The summed E-state index contributed by atoms with van der Waals surface area (Å²) < 4.78 is 19.7. The second kappa shape index (κ2) is 5.33. The summed E-state index contributed by atoms with van der Waals surface area (Å²) in [6, 6.07) is 8.04. The van der Waals surface area contributed by atoms with Gasteiger partial charge in [0.15, 0.2) is 0 Å². The topological polar surface area (TPSA) is 46.5 Å². The lowest BCUT2D eigenvalue weighted by atomic mass is 9.95. The standard InChI is InChI=1S/C16H15FO3/c1-9-7-10(2)14(13(8-9)20-3)11-5-4-6-12(15(11)17)16(18)19/h4-8H,1-3H3,(H,18,19). The fraction of sp³-hybridized carbons (Fsp3) is 0.188. The van der Waals surface area contributed by atoms with Crippen molar-refractivity contribution in [1.82, 2.24) is 0 Å². The number of methoxy groups -OCH3 is 1. The van der Waals surface area contributed by atoms with Gasteiger partial charge >= 0.3 is 5.97 Å². The molecule has 0 bridgehead atoms. The third kappa shape index (κ3) is 2.37. The van der Waals surface area contributed by atoms with E-state index in [2.05, 4.69) is 0 Å². The maximum Gasteiger partial charge on any atom is 0.338 e. The van der Waals surface area contributed by atoms with Crippen LogP contribution in [0.25, 0.3) is 11.1 Å². The van der Waals surface area contributed by atoms with E-state index in [1.54, 1.807) is 12.1 Å². The van der Waals surface area contributed by atoms with Crippen LogP contribution in [0.4, 0.5) is 4.39 Å². The van der Waals surface area contributed by atoms with Crippen LogP contribution in [0.15, 0.2) is 30.3 Å². The van der Waals surface area contributed by atoms with Gasteiger partial charge in [-0.25, -0.2) is 9.18 Å². The summed E-state index contributed by atoms with van der Waals surface area (Å²) >= 11 is 0. The third-order valence-electron chi connectivity index (χ3n) is 3.16. The molecular weight excluding hydrogens is 259 g/mol. The average Bonchev–Trinajstić information content (AvgIpc) is 2.38. The second-order valence-electron chi connectivity index (χ2n) is 4.63. The van der Waals surface area contributed by atoms with Crippen LogP contribution in [-0.4, -0.2) is 18.2 Å². The number of hydrogen-bond donors (Lipinski definition) is 1. The molecule has 2 aromatic rings. The van der Waals surface area contributed by atoms with Crippen molar-refractivity contribution in [3.8, 4) is 16.9 Å². The molecule has 0 atom stereocenters. The minimum Gasteiger partial charge on any atom is -0.496 e. The van der Waals surface area contributed by atoms with Crippen LogP contribution in [0.2, 0.25) is 0 Å². The van der Waals surface area contributed by atoms with Crippen molar-refractivity contribution < 1.29 is 19.0 Å². The minimum absolute atomic E-state index is 0.235. The van der Waals surface area contributed by atoms with E-state index < -0.39 is 11.8 Å². The molecule has 104 valence electrons. The van der Waals surface area contributed by atoms with Crippen molar-refractivity contribution in [3.63, 3.8) is 0 Å². The largest absolute Gasteiger partial charge is 0.496 e. The molecule has 0 aliphatic carbocycles. The molecule has 20 heavy (non-hydrogen) atoms. The monoisotopic (exact) mass is 274 g/mol. The van der Waals surface area contributed by atoms with E-state index in [1.165, 1.54) is 19.2 Å². The van der Waals surface area contributed by atoms with E-state index >= 15 is 0 Å². The average molecular weight is 274 g/mol. The highest BCUT2D eigenvalue weighted by molar-refractivity contribution is 5.90. The SMILES string of the molecule is COc1cc(C)cc(C)c1-c1cccc(C(=O)O)c1F. The summed E-state index contributed by atoms with van der Waals surface area (Å²) in [5, 5.41) is 9.01. The Morgan fingerprint density at radius 2 is 1.95 bits per heavy atom. The lowest BCUT2D eigenvalue weighted by Crippen LogP contribution is -2.03. The first-order valence-corrected chi connectivity index (χ1v) is 6.13. The molecule has 0 heterocycles. The van der Waals surface area contributed by atoms with E-state index in [0.29, 0.717) is 11.3 Å². The number of aromatic carboxylic acids is 1. The van der Waals surface area contributed by atoms with Gasteiger partial charge in [-0.2, -0.15) is 0 Å². The van der Waals surface area contributed by atoms with Gasteiger partial charge < -0.3 is 9.84 Å². The fourth-order valence-corrected chi connectivity index (χ4v) is 2.32. The molecule has 0 spiro atoms. The Labute approximate surface area is 116 Å². The van der Waals surface area contributed by atoms with Crippen LogP contribution >= 0.6 is 0 Å². The van der Waals surface area contributed by atoms with Gasteiger partial charge in [-0.05, 0) is 37.1 Å². The number of carboxylic acid groups (broad SMARTS) is 1. The van der Waals surface area contributed by atoms with E-state index in [1.807, 2.05) is 19.9 Å². The highest BCUT2D eigenvalue weighted by atomic mass is 19.1. The molecule has 4 heteroatoms. The van der Waals surface area contributed by atoms with Crippen molar-refractivity contribution in [2.75, 3.05) is 7.11 Å². The van der Waals surface area contributed by atoms with Gasteiger partial charge in [-0.15, -0.1) is 0 Å². The number of hydrogen-bond acceptors (Lipinski definition) is 2. The maximum absolute atomic E-state index is 14.4. The predicted molar refractivity (Wildman–Crippen MR) is 74.8 cm³/mol. The molecule has 0 radical (unpaired) electrons. The first-order valence-electron chi connectivity index (χ1n) is 6.13. The number of rotatable bonds is 3. The number of benzene rings is 2. The van der Waals surface area contributed by atoms with Gasteiger partial charge in [0.25, 0.3) is 0 Å². The van der Waals surface area contributed by atoms with Crippen LogP contribution in [-0.2, 0) is 0 Å². The molecule has 0 fully saturated rings. The summed E-state index contributed by atoms with van der Waals surface area (Å²) in [5.74, 6) is -1.50. The molecular formula is C16H15FO3. The van der Waals surface area contributed by atoms with Gasteiger partial charge in [0, 0.05) is 11.1 Å². The molecule has 2 rings (SSSR count). The van der Waals surface area contributed by atoms with Crippen LogP contribution < -0.4 is 4.74 Å². The first-order chi connectivity index (χ1) is 9.45. The number of aryl methyl sites for hydroxylation is 2. The zero-order chi connectivity index (χ0) is 14.9. The highest BCUT2D eigenvalue weighted by Gasteiger charge is 2.19. The Morgan fingerprint density at radius 1 is 1.25 bits per heavy atom. The summed E-state index contributed by atoms with van der Waals surface area (Å²) in [6.07, 6.45) is 0. The summed E-state index contributed by atoms with van der Waals surface area (Å²) in [6.45, 7) is 3.76. The van der Waals surface area contributed by atoms with Crippen molar-refractivity contribution in [2.24, 2.45) is 0 Å². The lowest BCUT2D eigenvalue weighted by Gasteiger charge is -2.14. The van der Waals surface area contributed by atoms with E-state index in [4.69, 9.17) is 9.84 Å². The molecule has 1 N–H and O–H groups in total. The maximum atomic E-state index is 14.4. The van der Waals surface area contributed by atoms with E-state index in [0.717, 1.165) is 11.1 Å². The lowest BCUT2D eigenvalue weighted by molar-refractivity contribution is 0.0692. The molecule has 2 aromatic carbocycles. The normalized spacial score (nSPS) is 10.4. The number of ether oxygens (including phenoxy) is 1. The molecule has 0 amide bonds. The Kier molecular flexibility index (Phi) is 3.74. The van der Waals surface area contributed by atoms with E-state index in [-0.39, 0.29) is 11.1 Å². The van der Waals surface area contributed by atoms with Gasteiger partial charge in [0.2, 0.25) is 0 Å². The molecule has 0 saturated carbocycles. The van der Waals surface area contributed by atoms with Gasteiger partial charge in [-0.3, -0.25) is 0 Å². The zero-order valence-electron chi connectivity index (χ0n) is 11.5. The minimum atomic E-state index is -1.28. The molecule has 3 nitrogen and oxygen atoms in total. The Hall–Kier alpha value is -2.36. The Bertz CT molecular complexity index is 678. The molecule has 0 saturated heterocycles. The number of carbonyl (C=O) groups is 1. The summed E-state index contributed by atoms with van der Waals surface area (Å²) in [7, 11) is 1.51.